The Labute approximate surface area is 162 Å². The molecule has 0 bridgehead atoms. The average molecular weight is 389 g/mol. The first-order chi connectivity index (χ1) is 12.7. The number of nitrogens with one attached hydrogen (secondary N) is 1. The first-order valence-electron chi connectivity index (χ1n) is 9.14. The van der Waals surface area contributed by atoms with E-state index in [0.717, 1.165) is 35.1 Å². The normalized spacial score (nSPS) is 12.5. The molecule has 2 aromatic carbocycles. The molecule has 2 aromatic rings. The lowest BCUT2D eigenvalue weighted by Gasteiger charge is -2.31. The maximum atomic E-state index is 13.1. The average Bonchev–Trinajstić information content (AvgIpc) is 2.61. The summed E-state index contributed by atoms with van der Waals surface area (Å²) in [5.74, 6) is -0.329. The minimum absolute atomic E-state index is 0.329. The first-order valence-corrected chi connectivity index (χ1v) is 11.0. The molecule has 0 aromatic heterocycles. The molecule has 6 heteroatoms. The van der Waals surface area contributed by atoms with Gasteiger partial charge >= 0.3 is 0 Å². The largest absolute Gasteiger partial charge is 0.324 e. The van der Waals surface area contributed by atoms with Gasteiger partial charge in [0.2, 0.25) is 15.9 Å². The van der Waals surface area contributed by atoms with Crippen molar-refractivity contribution in [1.82, 2.24) is 0 Å². The molecule has 146 valence electrons. The van der Waals surface area contributed by atoms with Gasteiger partial charge < -0.3 is 5.32 Å². The van der Waals surface area contributed by atoms with E-state index in [2.05, 4.69) is 5.32 Å². The molecular weight excluding hydrogens is 360 g/mol. The van der Waals surface area contributed by atoms with E-state index in [9.17, 15) is 13.2 Å². The van der Waals surface area contributed by atoms with Crippen LogP contribution in [0, 0.1) is 13.8 Å². The van der Waals surface area contributed by atoms with Crippen LogP contribution >= 0.6 is 0 Å². The van der Waals surface area contributed by atoms with Crippen molar-refractivity contribution in [2.24, 2.45) is 0 Å². The molecule has 0 saturated carbocycles. The topological polar surface area (TPSA) is 66.5 Å². The van der Waals surface area contributed by atoms with Crippen molar-refractivity contribution < 1.29 is 13.2 Å². The van der Waals surface area contributed by atoms with Crippen molar-refractivity contribution >= 4 is 27.3 Å². The molecule has 0 aliphatic carbocycles. The molecule has 1 atom stereocenters. The molecule has 0 aliphatic heterocycles. The molecular formula is C21H28N2O3S. The van der Waals surface area contributed by atoms with E-state index in [1.807, 2.05) is 70.2 Å². The molecule has 1 amide bonds. The Morgan fingerprint density at radius 2 is 1.78 bits per heavy atom. The Morgan fingerprint density at radius 3 is 2.37 bits per heavy atom. The summed E-state index contributed by atoms with van der Waals surface area (Å²) in [7, 11) is -3.65. The van der Waals surface area contributed by atoms with Crippen LogP contribution in [0.25, 0.3) is 0 Å². The molecule has 0 spiro atoms. The Bertz CT molecular complexity index is 923. The summed E-state index contributed by atoms with van der Waals surface area (Å²) in [5.41, 5.74) is 4.03. The lowest BCUT2D eigenvalue weighted by atomic mass is 10.1. The Hall–Kier alpha value is -2.34. The third-order valence-electron chi connectivity index (χ3n) is 4.59. The second-order valence-corrected chi connectivity index (χ2v) is 8.63. The fourth-order valence-electron chi connectivity index (χ4n) is 3.16. The quantitative estimate of drug-likeness (QED) is 0.778. The molecule has 0 aliphatic rings. The van der Waals surface area contributed by atoms with Crippen LogP contribution in [0.4, 0.5) is 11.4 Å². The first kappa shape index (κ1) is 21.0. The summed E-state index contributed by atoms with van der Waals surface area (Å²) in [5, 5.41) is 2.92. The third kappa shape index (κ3) is 4.89. The monoisotopic (exact) mass is 388 g/mol. The standard InChI is InChI=1S/C21H28N2O3S/c1-6-17-10-8-9-11-18(17)22-21(24)19(7-2)23(27(5,25)26)20-14-15(3)12-13-16(20)4/h8-14,19H,6-7H2,1-5H3,(H,22,24). The number of sulfonamides is 1. The molecule has 5 nitrogen and oxygen atoms in total. The molecule has 1 unspecified atom stereocenters. The van der Waals surface area contributed by atoms with Gasteiger partial charge in [-0.05, 0) is 55.5 Å². The maximum Gasteiger partial charge on any atom is 0.248 e. The van der Waals surface area contributed by atoms with Gasteiger partial charge in [-0.25, -0.2) is 8.42 Å². The molecule has 0 fully saturated rings. The summed E-state index contributed by atoms with van der Waals surface area (Å²) in [6, 6.07) is 12.4. The van der Waals surface area contributed by atoms with Crippen molar-refractivity contribution in [1.29, 1.82) is 0 Å². The van der Waals surface area contributed by atoms with Crippen LogP contribution in [0.2, 0.25) is 0 Å². The molecule has 27 heavy (non-hydrogen) atoms. The van der Waals surface area contributed by atoms with Crippen molar-refractivity contribution in [2.75, 3.05) is 15.9 Å². The molecule has 0 heterocycles. The Balaban J connectivity index is 2.46. The van der Waals surface area contributed by atoms with Crippen LogP contribution in [0.5, 0.6) is 0 Å². The highest BCUT2D eigenvalue weighted by atomic mass is 32.2. The van der Waals surface area contributed by atoms with Crippen LogP contribution in [0.15, 0.2) is 42.5 Å². The molecule has 2 rings (SSSR count). The summed E-state index contributed by atoms with van der Waals surface area (Å²) in [6.45, 7) is 7.59. The number of hydrogen-bond acceptors (Lipinski definition) is 3. The van der Waals surface area contributed by atoms with Gasteiger partial charge in [0.25, 0.3) is 0 Å². The summed E-state index contributed by atoms with van der Waals surface area (Å²) < 4.78 is 26.5. The predicted molar refractivity (Wildman–Crippen MR) is 112 cm³/mol. The van der Waals surface area contributed by atoms with Gasteiger partial charge in [0.05, 0.1) is 11.9 Å². The second-order valence-electron chi connectivity index (χ2n) is 6.77. The summed E-state index contributed by atoms with van der Waals surface area (Å²) in [4.78, 5) is 13.1. The van der Waals surface area contributed by atoms with Gasteiger partial charge in [0, 0.05) is 5.69 Å². The summed E-state index contributed by atoms with van der Waals surface area (Å²) >= 11 is 0. The molecule has 0 saturated heterocycles. The fraction of sp³-hybridized carbons (Fsp3) is 0.381. The van der Waals surface area contributed by atoms with E-state index in [1.165, 1.54) is 4.31 Å². The molecule has 0 radical (unpaired) electrons. The van der Waals surface area contributed by atoms with Crippen molar-refractivity contribution in [2.45, 2.75) is 46.6 Å². The minimum atomic E-state index is -3.65. The van der Waals surface area contributed by atoms with Gasteiger partial charge in [-0.3, -0.25) is 9.10 Å². The number of anilines is 2. The van der Waals surface area contributed by atoms with E-state index >= 15 is 0 Å². The van der Waals surface area contributed by atoms with Crippen molar-refractivity contribution in [3.05, 3.63) is 59.2 Å². The van der Waals surface area contributed by atoms with Gasteiger partial charge in [-0.2, -0.15) is 0 Å². The number of para-hydroxylation sites is 1. The highest BCUT2D eigenvalue weighted by Crippen LogP contribution is 2.28. The van der Waals surface area contributed by atoms with Crippen LogP contribution in [-0.2, 0) is 21.2 Å². The van der Waals surface area contributed by atoms with Gasteiger partial charge in [-0.15, -0.1) is 0 Å². The Morgan fingerprint density at radius 1 is 1.11 bits per heavy atom. The number of amides is 1. The zero-order chi connectivity index (χ0) is 20.2. The van der Waals surface area contributed by atoms with E-state index in [-0.39, 0.29) is 5.91 Å². The smallest absolute Gasteiger partial charge is 0.248 e. The lowest BCUT2D eigenvalue weighted by Crippen LogP contribution is -2.47. The third-order valence-corrected chi connectivity index (χ3v) is 5.75. The van der Waals surface area contributed by atoms with Crippen LogP contribution in [-0.4, -0.2) is 26.6 Å². The maximum absolute atomic E-state index is 13.1. The second kappa shape index (κ2) is 8.57. The fourth-order valence-corrected chi connectivity index (χ4v) is 4.42. The zero-order valence-electron chi connectivity index (χ0n) is 16.6. The lowest BCUT2D eigenvalue weighted by molar-refractivity contribution is -0.117. The van der Waals surface area contributed by atoms with Crippen LogP contribution in [0.3, 0.4) is 0 Å². The summed E-state index contributed by atoms with van der Waals surface area (Å²) in [6.07, 6.45) is 2.28. The number of hydrogen-bond donors (Lipinski definition) is 1. The van der Waals surface area contributed by atoms with E-state index in [4.69, 9.17) is 0 Å². The van der Waals surface area contributed by atoms with Crippen molar-refractivity contribution in [3.8, 4) is 0 Å². The number of benzene rings is 2. The number of nitrogens with zero attached hydrogens (tertiary/aromatic N) is 1. The number of rotatable bonds is 7. The number of aryl methyl sites for hydroxylation is 3. The highest BCUT2D eigenvalue weighted by molar-refractivity contribution is 7.92. The number of carbonyl (C=O) groups is 1. The van der Waals surface area contributed by atoms with Crippen LogP contribution in [0.1, 0.15) is 37.0 Å². The van der Waals surface area contributed by atoms with Crippen molar-refractivity contribution in [3.63, 3.8) is 0 Å². The van der Waals surface area contributed by atoms with E-state index in [0.29, 0.717) is 12.1 Å². The van der Waals surface area contributed by atoms with Gasteiger partial charge in [0.1, 0.15) is 6.04 Å². The van der Waals surface area contributed by atoms with Gasteiger partial charge in [-0.1, -0.05) is 44.2 Å². The van der Waals surface area contributed by atoms with E-state index < -0.39 is 16.1 Å². The zero-order valence-corrected chi connectivity index (χ0v) is 17.4. The van der Waals surface area contributed by atoms with Crippen LogP contribution < -0.4 is 9.62 Å². The molecule has 1 N–H and O–H groups in total. The predicted octanol–water partition coefficient (Wildman–Crippen LogP) is 4.05. The van der Waals surface area contributed by atoms with E-state index in [1.54, 1.807) is 0 Å². The minimum Gasteiger partial charge on any atom is -0.324 e. The number of carbonyl (C=O) groups excluding carboxylic acids is 1. The Kier molecular flexibility index (Phi) is 6.65. The highest BCUT2D eigenvalue weighted by Gasteiger charge is 2.32. The van der Waals surface area contributed by atoms with Gasteiger partial charge in [0.15, 0.2) is 0 Å². The SMILES string of the molecule is CCc1ccccc1NC(=O)C(CC)N(c1cc(C)ccc1C)S(C)(=O)=O.